The summed E-state index contributed by atoms with van der Waals surface area (Å²) in [6.07, 6.45) is 1.95. The molecule has 0 radical (unpaired) electrons. The number of rotatable bonds is 7. The van der Waals surface area contributed by atoms with E-state index in [-0.39, 0.29) is 5.97 Å². The smallest absolute Gasteiger partial charge is 0.338 e. The third-order valence-electron chi connectivity index (χ3n) is 6.48. The van der Waals surface area contributed by atoms with E-state index in [2.05, 4.69) is 66.9 Å². The number of hydrogen-bond donors (Lipinski definition) is 0. The molecule has 0 spiro atoms. The standard InChI is InChI=1S/C34H30N2O2/c1-4-38-34(37)28-16-18-30(19-17-28)36-32(26-11-7-5-8-12-26)22-29(33(36)27-13-9-6-10-14-27)23-35-31-20-15-24(2)21-25(31)3/h5-23H,4H2,1-3H3. The highest BCUT2D eigenvalue weighted by molar-refractivity contribution is 5.95. The van der Waals surface area contributed by atoms with Crippen molar-refractivity contribution in [3.63, 3.8) is 0 Å². The van der Waals surface area contributed by atoms with E-state index in [0.29, 0.717) is 12.2 Å². The molecule has 188 valence electrons. The second kappa shape index (κ2) is 11.1. The molecule has 0 aliphatic heterocycles. The molecular formula is C34H30N2O2. The average Bonchev–Trinajstić information content (AvgIpc) is 3.33. The van der Waals surface area contributed by atoms with Crippen LogP contribution < -0.4 is 0 Å². The lowest BCUT2D eigenvalue weighted by atomic mass is 10.1. The van der Waals surface area contributed by atoms with Gasteiger partial charge >= 0.3 is 5.97 Å². The zero-order chi connectivity index (χ0) is 26.5. The predicted molar refractivity (Wildman–Crippen MR) is 156 cm³/mol. The van der Waals surface area contributed by atoms with Gasteiger partial charge < -0.3 is 9.30 Å². The summed E-state index contributed by atoms with van der Waals surface area (Å²) >= 11 is 0. The molecule has 1 heterocycles. The average molecular weight is 499 g/mol. The van der Waals surface area contributed by atoms with Crippen LogP contribution >= 0.6 is 0 Å². The maximum atomic E-state index is 12.3. The van der Waals surface area contributed by atoms with Gasteiger partial charge in [-0.15, -0.1) is 0 Å². The fourth-order valence-electron chi connectivity index (χ4n) is 4.66. The predicted octanol–water partition coefficient (Wildman–Crippen LogP) is 8.36. The summed E-state index contributed by atoms with van der Waals surface area (Å²) in [5, 5.41) is 0. The first-order valence-corrected chi connectivity index (χ1v) is 12.8. The second-order valence-corrected chi connectivity index (χ2v) is 9.22. The Hall–Kier alpha value is -4.70. The van der Waals surface area contributed by atoms with Gasteiger partial charge in [0.05, 0.1) is 29.2 Å². The summed E-state index contributed by atoms with van der Waals surface area (Å²) in [6, 6.07) is 36.7. The van der Waals surface area contributed by atoms with Gasteiger partial charge in [-0.25, -0.2) is 4.79 Å². The van der Waals surface area contributed by atoms with Crippen molar-refractivity contribution in [2.24, 2.45) is 4.99 Å². The molecule has 0 bridgehead atoms. The van der Waals surface area contributed by atoms with Crippen molar-refractivity contribution >= 4 is 17.9 Å². The third kappa shape index (κ3) is 5.21. The summed E-state index contributed by atoms with van der Waals surface area (Å²) in [5.74, 6) is -0.320. The van der Waals surface area contributed by atoms with Crippen LogP contribution in [0.25, 0.3) is 28.2 Å². The normalized spacial score (nSPS) is 11.1. The van der Waals surface area contributed by atoms with E-state index in [1.807, 2.05) is 73.8 Å². The minimum atomic E-state index is -0.320. The number of carbonyl (C=O) groups excluding carboxylic acids is 1. The highest BCUT2D eigenvalue weighted by Crippen LogP contribution is 2.36. The molecule has 0 saturated heterocycles. The molecule has 5 rings (SSSR count). The molecule has 0 aliphatic rings. The van der Waals surface area contributed by atoms with Gasteiger partial charge in [0.25, 0.3) is 0 Å². The number of benzene rings is 4. The largest absolute Gasteiger partial charge is 0.462 e. The molecule has 0 amide bonds. The molecule has 0 atom stereocenters. The van der Waals surface area contributed by atoms with Crippen LogP contribution in [0.1, 0.15) is 34.0 Å². The Morgan fingerprint density at radius 3 is 2.11 bits per heavy atom. The van der Waals surface area contributed by atoms with Crippen molar-refractivity contribution in [2.75, 3.05) is 6.61 Å². The van der Waals surface area contributed by atoms with Crippen LogP contribution in [0.5, 0.6) is 0 Å². The van der Waals surface area contributed by atoms with Crippen molar-refractivity contribution in [3.8, 4) is 28.2 Å². The topological polar surface area (TPSA) is 43.6 Å². The number of hydrogen-bond acceptors (Lipinski definition) is 3. The van der Waals surface area contributed by atoms with E-state index in [1.165, 1.54) is 5.56 Å². The fraction of sp³-hybridized carbons (Fsp3) is 0.118. The molecule has 0 aliphatic carbocycles. The van der Waals surface area contributed by atoms with Crippen molar-refractivity contribution < 1.29 is 9.53 Å². The minimum absolute atomic E-state index is 0.320. The lowest BCUT2D eigenvalue weighted by Crippen LogP contribution is -2.05. The number of carbonyl (C=O) groups is 1. The van der Waals surface area contributed by atoms with Crippen LogP contribution in [-0.2, 0) is 4.74 Å². The van der Waals surface area contributed by atoms with Gasteiger partial charge in [-0.1, -0.05) is 78.4 Å². The van der Waals surface area contributed by atoms with E-state index in [4.69, 9.17) is 9.73 Å². The van der Waals surface area contributed by atoms with Crippen LogP contribution in [0.2, 0.25) is 0 Å². The SMILES string of the molecule is CCOC(=O)c1ccc(-n2c(-c3ccccc3)cc(C=Nc3ccc(C)cc3C)c2-c2ccccc2)cc1. The van der Waals surface area contributed by atoms with Crippen LogP contribution in [0.15, 0.2) is 114 Å². The molecule has 1 aromatic heterocycles. The number of aryl methyl sites for hydroxylation is 2. The fourth-order valence-corrected chi connectivity index (χ4v) is 4.66. The third-order valence-corrected chi connectivity index (χ3v) is 6.48. The molecule has 4 aromatic carbocycles. The Morgan fingerprint density at radius 2 is 1.47 bits per heavy atom. The lowest BCUT2D eigenvalue weighted by Gasteiger charge is -2.15. The zero-order valence-corrected chi connectivity index (χ0v) is 21.9. The summed E-state index contributed by atoms with van der Waals surface area (Å²) in [4.78, 5) is 17.2. The molecule has 4 heteroatoms. The summed E-state index contributed by atoms with van der Waals surface area (Å²) in [6.45, 7) is 6.33. The number of ether oxygens (including phenoxy) is 1. The number of nitrogens with zero attached hydrogens (tertiary/aromatic N) is 2. The molecular weight excluding hydrogens is 468 g/mol. The number of esters is 1. The first kappa shape index (κ1) is 25.0. The van der Waals surface area contributed by atoms with Crippen LogP contribution in [0.4, 0.5) is 5.69 Å². The van der Waals surface area contributed by atoms with E-state index < -0.39 is 0 Å². The van der Waals surface area contributed by atoms with Crippen LogP contribution in [0, 0.1) is 13.8 Å². The molecule has 0 fully saturated rings. The Kier molecular flexibility index (Phi) is 7.32. The summed E-state index contributed by atoms with van der Waals surface area (Å²) in [5.41, 5.74) is 10.0. The van der Waals surface area contributed by atoms with Gasteiger partial charge in [0.1, 0.15) is 0 Å². The van der Waals surface area contributed by atoms with Gasteiger partial charge in [0, 0.05) is 17.5 Å². The first-order chi connectivity index (χ1) is 18.5. The Morgan fingerprint density at radius 1 is 0.816 bits per heavy atom. The highest BCUT2D eigenvalue weighted by Gasteiger charge is 2.19. The Balaban J connectivity index is 1.72. The van der Waals surface area contributed by atoms with Crippen LogP contribution in [-0.4, -0.2) is 23.4 Å². The maximum absolute atomic E-state index is 12.3. The van der Waals surface area contributed by atoms with Crippen molar-refractivity contribution in [3.05, 3.63) is 131 Å². The van der Waals surface area contributed by atoms with Gasteiger partial charge in [-0.3, -0.25) is 4.99 Å². The molecule has 0 N–H and O–H groups in total. The summed E-state index contributed by atoms with van der Waals surface area (Å²) < 4.78 is 7.43. The van der Waals surface area contributed by atoms with E-state index in [9.17, 15) is 4.79 Å². The van der Waals surface area contributed by atoms with Gasteiger partial charge in [0.2, 0.25) is 0 Å². The van der Waals surface area contributed by atoms with Crippen molar-refractivity contribution in [1.29, 1.82) is 0 Å². The molecule has 5 aromatic rings. The van der Waals surface area contributed by atoms with Crippen molar-refractivity contribution in [2.45, 2.75) is 20.8 Å². The summed E-state index contributed by atoms with van der Waals surface area (Å²) in [7, 11) is 0. The Labute approximate surface area is 223 Å². The van der Waals surface area contributed by atoms with Gasteiger partial charge in [-0.05, 0) is 73.9 Å². The van der Waals surface area contributed by atoms with Gasteiger partial charge in [0.15, 0.2) is 0 Å². The monoisotopic (exact) mass is 498 g/mol. The van der Waals surface area contributed by atoms with Crippen molar-refractivity contribution in [1.82, 2.24) is 4.57 Å². The molecule has 4 nitrogen and oxygen atoms in total. The quantitative estimate of drug-likeness (QED) is 0.167. The van der Waals surface area contributed by atoms with Crippen LogP contribution in [0.3, 0.4) is 0 Å². The highest BCUT2D eigenvalue weighted by atomic mass is 16.5. The van der Waals surface area contributed by atoms with E-state index in [1.54, 1.807) is 0 Å². The van der Waals surface area contributed by atoms with E-state index >= 15 is 0 Å². The first-order valence-electron chi connectivity index (χ1n) is 12.8. The maximum Gasteiger partial charge on any atom is 0.338 e. The molecule has 0 saturated carbocycles. The molecule has 38 heavy (non-hydrogen) atoms. The zero-order valence-electron chi connectivity index (χ0n) is 21.9. The Bertz CT molecular complexity index is 1580. The van der Waals surface area contributed by atoms with E-state index in [0.717, 1.165) is 45.0 Å². The minimum Gasteiger partial charge on any atom is -0.462 e. The second-order valence-electron chi connectivity index (χ2n) is 9.22. The number of aromatic nitrogens is 1. The number of aliphatic imine (C=N–C) groups is 1. The van der Waals surface area contributed by atoms with Gasteiger partial charge in [-0.2, -0.15) is 0 Å². The molecule has 0 unspecified atom stereocenters. The lowest BCUT2D eigenvalue weighted by molar-refractivity contribution is 0.0526.